The minimum atomic E-state index is -0.235. The number of nitriles is 1. The fourth-order valence-electron chi connectivity index (χ4n) is 1.09. The van der Waals surface area contributed by atoms with E-state index in [4.69, 9.17) is 16.1 Å². The van der Waals surface area contributed by atoms with Crippen molar-refractivity contribution in [1.82, 2.24) is 11.0 Å². The molecule has 0 unspecified atom stereocenters. The predicted octanol–water partition coefficient (Wildman–Crippen LogP) is 3.59. The van der Waals surface area contributed by atoms with Crippen LogP contribution in [0.5, 0.6) is 0 Å². The predicted molar refractivity (Wildman–Crippen MR) is 117 cm³/mol. The Labute approximate surface area is 193 Å². The Hall–Kier alpha value is -2.66. The molecule has 12 heteroatoms. The third-order valence-electron chi connectivity index (χ3n) is 3.20. The summed E-state index contributed by atoms with van der Waals surface area (Å²) in [4.78, 5) is 19.2. The molecule has 0 spiro atoms. The van der Waals surface area contributed by atoms with E-state index < -0.39 is 0 Å². The average molecular weight is 480 g/mol. The number of nitroso groups, excluding NO2 is 2. The fourth-order valence-corrected chi connectivity index (χ4v) is 1.09. The van der Waals surface area contributed by atoms with Crippen molar-refractivity contribution < 1.29 is 21.9 Å². The van der Waals surface area contributed by atoms with Gasteiger partial charge in [-0.3, -0.25) is 0 Å². The van der Waals surface area contributed by atoms with Crippen LogP contribution < -0.4 is 16.7 Å². The van der Waals surface area contributed by atoms with Crippen molar-refractivity contribution in [2.75, 3.05) is 6.61 Å². The van der Waals surface area contributed by atoms with Gasteiger partial charge in [0.05, 0.1) is 24.0 Å². The first kappa shape index (κ1) is 35.8. The van der Waals surface area contributed by atoms with Crippen LogP contribution in [0.2, 0.25) is 0 Å². The third-order valence-corrected chi connectivity index (χ3v) is 3.20. The van der Waals surface area contributed by atoms with Gasteiger partial charge in [0.2, 0.25) is 0 Å². The van der Waals surface area contributed by atoms with Crippen molar-refractivity contribution in [3.63, 3.8) is 0 Å². The minimum absolute atomic E-state index is 0. The second-order valence-corrected chi connectivity index (χ2v) is 5.42. The largest absolute Gasteiger partial charge is 0.761 e. The zero-order chi connectivity index (χ0) is 23.9. The van der Waals surface area contributed by atoms with Gasteiger partial charge in [0.25, 0.3) is 0 Å². The summed E-state index contributed by atoms with van der Waals surface area (Å²) in [5, 5.41) is 40.7. The van der Waals surface area contributed by atoms with Crippen molar-refractivity contribution in [2.45, 2.75) is 40.2 Å². The van der Waals surface area contributed by atoms with Crippen LogP contribution in [0.4, 0.5) is 0 Å². The molecule has 1 radical (unpaired) electrons. The maximum Gasteiger partial charge on any atom is 0.0995 e. The summed E-state index contributed by atoms with van der Waals surface area (Å²) in [5.74, 6) is 0. The number of benzene rings is 1. The van der Waals surface area contributed by atoms with Gasteiger partial charge in [-0.1, -0.05) is 36.8 Å². The second-order valence-electron chi connectivity index (χ2n) is 5.42. The maximum absolute atomic E-state index is 9.72. The van der Waals surface area contributed by atoms with Crippen molar-refractivity contribution in [1.29, 1.82) is 5.26 Å². The molecule has 0 amide bonds. The number of nitrogens with two attached hydrogens (primary N) is 1. The maximum atomic E-state index is 9.72. The fraction of sp³-hybridized carbons (Fsp3) is 0.368. The number of hydrogen-bond donors (Lipinski definition) is 4. The van der Waals surface area contributed by atoms with Gasteiger partial charge < -0.3 is 39.1 Å². The Morgan fingerprint density at radius 1 is 1.10 bits per heavy atom. The van der Waals surface area contributed by atoms with Crippen molar-refractivity contribution in [3.8, 4) is 6.07 Å². The van der Waals surface area contributed by atoms with Crippen LogP contribution in [0, 0.1) is 38.5 Å². The summed E-state index contributed by atoms with van der Waals surface area (Å²) in [7, 11) is 0. The van der Waals surface area contributed by atoms with Crippen LogP contribution in [0.1, 0.15) is 45.7 Å². The topological polar surface area (TPSA) is 199 Å². The molecule has 5 N–H and O–H groups in total. The van der Waals surface area contributed by atoms with Gasteiger partial charge in [0.15, 0.2) is 0 Å². The van der Waals surface area contributed by atoms with Crippen LogP contribution >= 0.6 is 0 Å². The number of hydroxylamine groups is 2. The van der Waals surface area contributed by atoms with Crippen molar-refractivity contribution in [2.24, 2.45) is 16.1 Å². The van der Waals surface area contributed by atoms with E-state index in [1.165, 1.54) is 27.7 Å². The number of allylic oxidation sites excluding steroid dienone is 4. The molecule has 0 bridgehead atoms. The Kier molecular flexibility index (Phi) is 29.3. The molecule has 0 saturated carbocycles. The second kappa shape index (κ2) is 25.4. The summed E-state index contributed by atoms with van der Waals surface area (Å²) in [6.45, 7) is 9.16. The molecule has 31 heavy (non-hydrogen) atoms. The van der Waals surface area contributed by atoms with Crippen molar-refractivity contribution in [3.05, 3.63) is 85.8 Å². The first-order chi connectivity index (χ1) is 14.2. The Morgan fingerprint density at radius 2 is 1.45 bits per heavy atom. The molecule has 1 aromatic rings. The SMILES string of the molecule is C/C(N=O)=C(\C)N[O-].C/C(N=O)=C(\C)N[O-].N[C@@H](CO)c1ccccc1.[CH2-]CC#N.[Co]. The van der Waals surface area contributed by atoms with Crippen molar-refractivity contribution >= 4 is 0 Å². The molecule has 0 aliphatic carbocycles. The number of hydrogen-bond acceptors (Lipinski definition) is 11. The van der Waals surface area contributed by atoms with Gasteiger partial charge in [0, 0.05) is 34.2 Å². The first-order valence-electron chi connectivity index (χ1n) is 8.55. The summed E-state index contributed by atoms with van der Waals surface area (Å²) < 4.78 is 0. The third kappa shape index (κ3) is 21.9. The van der Waals surface area contributed by atoms with Crippen LogP contribution in [-0.4, -0.2) is 11.7 Å². The van der Waals surface area contributed by atoms with Gasteiger partial charge >= 0.3 is 0 Å². The number of rotatable bonds is 6. The molecule has 177 valence electrons. The molecule has 0 fully saturated rings. The van der Waals surface area contributed by atoms with Gasteiger partial charge in [-0.05, 0) is 43.6 Å². The summed E-state index contributed by atoms with van der Waals surface area (Å²) in [6.07, 6.45) is 0.375. The smallest absolute Gasteiger partial charge is 0.0995 e. The number of nitrogens with one attached hydrogen (secondary N) is 2. The first-order valence-corrected chi connectivity index (χ1v) is 8.55. The number of aliphatic hydroxyl groups is 1. The van der Waals surface area contributed by atoms with E-state index in [0.717, 1.165) is 5.56 Å². The molecule has 11 nitrogen and oxygen atoms in total. The Balaban J connectivity index is -0.000000161. The van der Waals surface area contributed by atoms with E-state index in [-0.39, 0.29) is 52.2 Å². The summed E-state index contributed by atoms with van der Waals surface area (Å²) in [5.41, 5.74) is 10.5. The Morgan fingerprint density at radius 3 is 1.65 bits per heavy atom. The van der Waals surface area contributed by atoms with Crippen LogP contribution in [0.15, 0.2) is 63.5 Å². The number of nitrogens with zero attached hydrogens (tertiary/aromatic N) is 3. The Bertz CT molecular complexity index is 663. The van der Waals surface area contributed by atoms with E-state index in [2.05, 4.69) is 17.3 Å². The van der Waals surface area contributed by atoms with Gasteiger partial charge in [-0.25, -0.2) is 5.26 Å². The normalized spacial score (nSPS) is 11.2. The zero-order valence-corrected chi connectivity index (χ0v) is 19.0. The van der Waals surface area contributed by atoms with E-state index >= 15 is 0 Å². The van der Waals surface area contributed by atoms with E-state index in [0.29, 0.717) is 6.42 Å². The summed E-state index contributed by atoms with van der Waals surface area (Å²) in [6, 6.07) is 11.1. The molecule has 0 aromatic heterocycles. The molecule has 1 rings (SSSR count). The zero-order valence-electron chi connectivity index (χ0n) is 17.9. The van der Waals surface area contributed by atoms with Crippen LogP contribution in [0.3, 0.4) is 0 Å². The molecule has 1 atom stereocenters. The molecular weight excluding hydrogens is 451 g/mol. The van der Waals surface area contributed by atoms with E-state index in [9.17, 15) is 20.2 Å². The monoisotopic (exact) mass is 480 g/mol. The van der Waals surface area contributed by atoms with Crippen LogP contribution in [-0.2, 0) is 16.8 Å². The molecule has 0 heterocycles. The van der Waals surface area contributed by atoms with E-state index in [1.807, 2.05) is 36.4 Å². The van der Waals surface area contributed by atoms with Gasteiger partial charge in [-0.15, -0.1) is 9.81 Å². The number of aliphatic hydroxyl groups excluding tert-OH is 1. The standard InChI is InChI=1S/C8H11NO.2C4H7N2O2.C3H4N.Co/c9-8(6-10)7-4-2-1-3-5-7;2*1-3(5-7)4(2)6-8;1-2-3-4;/h1-5,8,10H,6,9H2;2*5H,1-2H3;1-2H2;/q;3*-1;/b;2*4-3-;;/t8-;;;;/m0..../s1. The van der Waals surface area contributed by atoms with Gasteiger partial charge in [0.1, 0.15) is 0 Å². The molecule has 0 aliphatic heterocycles. The average Bonchev–Trinajstić information content (AvgIpc) is 2.82. The molecule has 0 aliphatic rings. The minimum Gasteiger partial charge on any atom is -0.761 e. The van der Waals surface area contributed by atoms with Gasteiger partial charge in [-0.2, -0.15) is 0 Å². The van der Waals surface area contributed by atoms with E-state index in [1.54, 1.807) is 11.0 Å². The van der Waals surface area contributed by atoms with Crippen LogP contribution in [0.25, 0.3) is 0 Å². The molecule has 0 saturated heterocycles. The summed E-state index contributed by atoms with van der Waals surface area (Å²) >= 11 is 0. The quantitative estimate of drug-likeness (QED) is 0.267. The molecular formula is C19H29CoN6O5-3. The molecule has 1 aromatic carbocycles.